The van der Waals surface area contributed by atoms with Gasteiger partial charge in [0.25, 0.3) is 13.5 Å². The SMILES string of the molecule is O/N=C/c1cc[n+](COC[n+]2ccc(/C=N/O)c(F)c2)cc1F. The highest BCUT2D eigenvalue weighted by Gasteiger charge is 2.11. The molecule has 0 fully saturated rings. The fourth-order valence-electron chi connectivity index (χ4n) is 1.78. The second-order valence-corrected chi connectivity index (χ2v) is 4.48. The van der Waals surface area contributed by atoms with Gasteiger partial charge in [0.2, 0.25) is 12.4 Å². The monoisotopic (exact) mass is 324 g/mol. The zero-order valence-corrected chi connectivity index (χ0v) is 11.9. The summed E-state index contributed by atoms with van der Waals surface area (Å²) in [7, 11) is 0. The molecule has 2 aromatic rings. The molecule has 0 saturated heterocycles. The Hall–Kier alpha value is -2.94. The van der Waals surface area contributed by atoms with Crippen LogP contribution in [0, 0.1) is 11.6 Å². The van der Waals surface area contributed by atoms with Crippen LogP contribution in [0.25, 0.3) is 0 Å². The lowest BCUT2D eigenvalue weighted by molar-refractivity contribution is -0.789. The van der Waals surface area contributed by atoms with Crippen LogP contribution in [0.2, 0.25) is 0 Å². The zero-order chi connectivity index (χ0) is 16.7. The molecule has 120 valence electrons. The molecular weight excluding hydrogens is 310 g/mol. The summed E-state index contributed by atoms with van der Waals surface area (Å²) in [5.41, 5.74) is 0.280. The minimum Gasteiger partial charge on any atom is -0.411 e. The minimum atomic E-state index is -0.569. The van der Waals surface area contributed by atoms with Crippen LogP contribution in [-0.2, 0) is 18.2 Å². The lowest BCUT2D eigenvalue weighted by Crippen LogP contribution is -2.40. The van der Waals surface area contributed by atoms with E-state index in [4.69, 9.17) is 15.2 Å². The van der Waals surface area contributed by atoms with Gasteiger partial charge >= 0.3 is 0 Å². The fourth-order valence-corrected chi connectivity index (χ4v) is 1.78. The first-order valence-electron chi connectivity index (χ1n) is 6.44. The number of hydrogen-bond donors (Lipinski definition) is 2. The van der Waals surface area contributed by atoms with Crippen molar-refractivity contribution >= 4 is 12.4 Å². The Bertz CT molecular complexity index is 676. The molecule has 9 heteroatoms. The molecular formula is C14H14F2N4O3+2. The minimum absolute atomic E-state index is 0.0436. The van der Waals surface area contributed by atoms with Gasteiger partial charge in [-0.2, -0.15) is 17.9 Å². The highest BCUT2D eigenvalue weighted by atomic mass is 19.1. The number of oxime groups is 2. The molecule has 2 N–H and O–H groups in total. The third-order valence-corrected chi connectivity index (χ3v) is 2.88. The molecule has 23 heavy (non-hydrogen) atoms. The number of hydrogen-bond acceptors (Lipinski definition) is 5. The lowest BCUT2D eigenvalue weighted by atomic mass is 10.3. The predicted molar refractivity (Wildman–Crippen MR) is 73.0 cm³/mol. The van der Waals surface area contributed by atoms with Crippen LogP contribution >= 0.6 is 0 Å². The fraction of sp³-hybridized carbons (Fsp3) is 0.143. The van der Waals surface area contributed by atoms with Gasteiger partial charge in [0.1, 0.15) is 0 Å². The summed E-state index contributed by atoms with van der Waals surface area (Å²) >= 11 is 0. The van der Waals surface area contributed by atoms with Gasteiger partial charge in [0.15, 0.2) is 24.0 Å². The molecule has 0 atom stereocenters. The standard InChI is InChI=1S/C14H12F2N4O3/c15-13-7-19(3-1-11(13)5-17-21)9-23-10-20-4-2-12(6-18-22)14(16)8-20/h1-8H,9-10H2/p+2. The van der Waals surface area contributed by atoms with Crippen molar-refractivity contribution < 1.29 is 33.1 Å². The summed E-state index contributed by atoms with van der Waals surface area (Å²) in [6.45, 7) is 0.0872. The molecule has 0 bridgehead atoms. The Morgan fingerprint density at radius 1 is 0.913 bits per heavy atom. The van der Waals surface area contributed by atoms with Crippen molar-refractivity contribution in [2.75, 3.05) is 0 Å². The highest BCUT2D eigenvalue weighted by Crippen LogP contribution is 2.01. The molecule has 0 amide bonds. The Morgan fingerprint density at radius 3 is 1.70 bits per heavy atom. The van der Waals surface area contributed by atoms with Gasteiger partial charge in [-0.25, -0.2) is 0 Å². The van der Waals surface area contributed by atoms with E-state index in [2.05, 4.69) is 10.3 Å². The summed E-state index contributed by atoms with van der Waals surface area (Å²) in [6.07, 6.45) is 7.43. The lowest BCUT2D eigenvalue weighted by Gasteiger charge is -2.00. The van der Waals surface area contributed by atoms with Gasteiger partial charge in [-0.15, -0.1) is 0 Å². The quantitative estimate of drug-likeness (QED) is 0.357. The maximum Gasteiger partial charge on any atom is 0.257 e. The number of aromatic nitrogens is 2. The molecule has 0 unspecified atom stereocenters. The first-order valence-corrected chi connectivity index (χ1v) is 6.44. The number of pyridine rings is 2. The molecule has 0 aromatic carbocycles. The molecule has 2 rings (SSSR count). The van der Waals surface area contributed by atoms with Crippen LogP contribution in [0.5, 0.6) is 0 Å². The van der Waals surface area contributed by atoms with E-state index in [1.807, 2.05) is 0 Å². The summed E-state index contributed by atoms with van der Waals surface area (Å²) in [5.74, 6) is -1.14. The first-order chi connectivity index (χ1) is 11.1. The van der Waals surface area contributed by atoms with Crippen molar-refractivity contribution in [1.82, 2.24) is 0 Å². The van der Waals surface area contributed by atoms with Crippen molar-refractivity contribution in [2.45, 2.75) is 13.5 Å². The molecule has 0 aliphatic heterocycles. The van der Waals surface area contributed by atoms with E-state index in [0.717, 1.165) is 12.4 Å². The van der Waals surface area contributed by atoms with Crippen LogP contribution in [0.4, 0.5) is 8.78 Å². The first kappa shape index (κ1) is 16.4. The summed E-state index contributed by atoms with van der Waals surface area (Å²) in [5, 5.41) is 22.3. The Labute approximate surface area is 130 Å². The normalized spacial score (nSPS) is 11.6. The van der Waals surface area contributed by atoms with E-state index < -0.39 is 11.6 Å². The van der Waals surface area contributed by atoms with E-state index in [1.54, 1.807) is 12.4 Å². The molecule has 0 radical (unpaired) electrons. The van der Waals surface area contributed by atoms with Crippen LogP contribution in [0.1, 0.15) is 11.1 Å². The number of halogens is 2. The van der Waals surface area contributed by atoms with Crippen molar-refractivity contribution in [2.24, 2.45) is 10.3 Å². The van der Waals surface area contributed by atoms with Gasteiger partial charge in [-0.1, -0.05) is 10.3 Å². The number of rotatable bonds is 6. The number of nitrogens with zero attached hydrogens (tertiary/aromatic N) is 4. The van der Waals surface area contributed by atoms with Crippen molar-refractivity contribution in [3.8, 4) is 0 Å². The molecule has 0 spiro atoms. The van der Waals surface area contributed by atoms with Gasteiger partial charge < -0.3 is 10.4 Å². The molecule has 0 aliphatic rings. The third kappa shape index (κ3) is 4.51. The largest absolute Gasteiger partial charge is 0.411 e. The van der Waals surface area contributed by atoms with E-state index in [1.165, 1.54) is 33.7 Å². The van der Waals surface area contributed by atoms with E-state index >= 15 is 0 Å². The molecule has 0 aliphatic carbocycles. The molecule has 2 aromatic heterocycles. The van der Waals surface area contributed by atoms with Crippen LogP contribution < -0.4 is 9.13 Å². The third-order valence-electron chi connectivity index (χ3n) is 2.88. The average Bonchev–Trinajstić information content (AvgIpc) is 2.53. The van der Waals surface area contributed by atoms with Crippen LogP contribution in [0.3, 0.4) is 0 Å². The highest BCUT2D eigenvalue weighted by molar-refractivity contribution is 5.79. The molecule has 0 saturated carbocycles. The van der Waals surface area contributed by atoms with Gasteiger partial charge in [-0.05, 0) is 0 Å². The Morgan fingerprint density at radius 2 is 1.35 bits per heavy atom. The zero-order valence-electron chi connectivity index (χ0n) is 11.9. The van der Waals surface area contributed by atoms with E-state index in [0.29, 0.717) is 0 Å². The summed E-state index contributed by atoms with van der Waals surface area (Å²) in [6, 6.07) is 2.85. The Balaban J connectivity index is 1.94. The average molecular weight is 324 g/mol. The second-order valence-electron chi connectivity index (χ2n) is 4.48. The maximum absolute atomic E-state index is 13.6. The van der Waals surface area contributed by atoms with Crippen LogP contribution in [-0.4, -0.2) is 22.8 Å². The van der Waals surface area contributed by atoms with Gasteiger partial charge in [-0.3, -0.25) is 4.74 Å². The van der Waals surface area contributed by atoms with Gasteiger partial charge in [0, 0.05) is 23.3 Å². The summed E-state index contributed by atoms with van der Waals surface area (Å²) < 4.78 is 35.4. The molecule has 7 nitrogen and oxygen atoms in total. The van der Waals surface area contributed by atoms with E-state index in [-0.39, 0.29) is 24.6 Å². The second kappa shape index (κ2) is 7.90. The summed E-state index contributed by atoms with van der Waals surface area (Å²) in [4.78, 5) is 0. The maximum atomic E-state index is 13.6. The van der Waals surface area contributed by atoms with Crippen molar-refractivity contribution in [1.29, 1.82) is 0 Å². The molecule has 2 heterocycles. The topological polar surface area (TPSA) is 82.2 Å². The Kier molecular flexibility index (Phi) is 5.64. The number of ether oxygens (including phenoxy) is 1. The van der Waals surface area contributed by atoms with Crippen LogP contribution in [0.15, 0.2) is 47.2 Å². The smallest absolute Gasteiger partial charge is 0.257 e. The van der Waals surface area contributed by atoms with E-state index in [9.17, 15) is 8.78 Å². The predicted octanol–water partition coefficient (Wildman–Crippen LogP) is 0.788. The van der Waals surface area contributed by atoms with Crippen molar-refractivity contribution in [3.05, 3.63) is 59.7 Å². The van der Waals surface area contributed by atoms with Crippen molar-refractivity contribution in [3.63, 3.8) is 0 Å². The van der Waals surface area contributed by atoms with Gasteiger partial charge in [0.05, 0.1) is 12.4 Å².